The molecule has 1 aromatic carbocycles. The van der Waals surface area contributed by atoms with Gasteiger partial charge in [-0.15, -0.1) is 0 Å². The molecule has 32 heavy (non-hydrogen) atoms. The Kier molecular flexibility index (Phi) is 7.08. The van der Waals surface area contributed by atoms with Crippen LogP contribution in [0.1, 0.15) is 30.4 Å². The summed E-state index contributed by atoms with van der Waals surface area (Å²) >= 11 is 5.87. The van der Waals surface area contributed by atoms with Crippen LogP contribution in [0.25, 0.3) is 11.6 Å². The molecule has 6 nitrogen and oxygen atoms in total. The van der Waals surface area contributed by atoms with E-state index in [4.69, 9.17) is 11.6 Å². The number of hydrogen-bond donors (Lipinski definition) is 0. The smallest absolute Gasteiger partial charge is 0.236 e. The maximum atomic E-state index is 13.0. The fraction of sp³-hybridized carbons (Fsp3) is 0.333. The predicted molar refractivity (Wildman–Crippen MR) is 127 cm³/mol. The van der Waals surface area contributed by atoms with Crippen molar-refractivity contribution in [3.63, 3.8) is 0 Å². The van der Waals surface area contributed by atoms with Crippen molar-refractivity contribution in [2.24, 2.45) is 5.92 Å². The number of carbonyl (C=O) groups is 1. The lowest BCUT2D eigenvalue weighted by Crippen LogP contribution is -2.51. The van der Waals surface area contributed by atoms with E-state index in [1.807, 2.05) is 17.0 Å². The van der Waals surface area contributed by atoms with Gasteiger partial charge in [0.15, 0.2) is 0 Å². The van der Waals surface area contributed by atoms with Crippen molar-refractivity contribution >= 4 is 39.2 Å². The van der Waals surface area contributed by atoms with E-state index in [0.29, 0.717) is 31.2 Å². The molecule has 2 aliphatic rings. The van der Waals surface area contributed by atoms with Gasteiger partial charge in [0.2, 0.25) is 15.9 Å². The Hall–Kier alpha value is -2.48. The molecule has 1 amide bonds. The van der Waals surface area contributed by atoms with Crippen LogP contribution in [0.15, 0.2) is 60.3 Å². The number of benzene rings is 1. The number of nitrogens with zero attached hydrogens (tertiary/aromatic N) is 3. The van der Waals surface area contributed by atoms with E-state index in [1.165, 1.54) is 15.3 Å². The van der Waals surface area contributed by atoms with E-state index in [2.05, 4.69) is 11.1 Å². The number of allylic oxidation sites excluding steroid dienone is 2. The first-order valence-corrected chi connectivity index (χ1v) is 12.6. The number of carbonyl (C=O) groups excluding carboxylic acids is 1. The molecule has 1 aliphatic heterocycles. The van der Waals surface area contributed by atoms with Crippen molar-refractivity contribution in [2.45, 2.75) is 19.3 Å². The Morgan fingerprint density at radius 2 is 1.72 bits per heavy atom. The zero-order chi connectivity index (χ0) is 22.6. The molecule has 8 heteroatoms. The Balaban J connectivity index is 1.31. The van der Waals surface area contributed by atoms with Gasteiger partial charge in [0.05, 0.1) is 0 Å². The van der Waals surface area contributed by atoms with Crippen LogP contribution in [0.4, 0.5) is 0 Å². The van der Waals surface area contributed by atoms with Crippen LogP contribution >= 0.6 is 11.6 Å². The largest absolute Gasteiger partial charge is 0.340 e. The first-order valence-electron chi connectivity index (χ1n) is 10.7. The molecule has 2 aromatic rings. The standard InChI is InChI=1S/C24H26ClN3O3S/c25-23-7-1-19(2-8-23)11-18-32(30,31)28-16-14-27(15-17-28)24(29)22-5-3-20(4-6-22)21-9-12-26-13-10-21/h1-3,7-13,18,22H,4-6,14-17H2/b18-11+. The van der Waals surface area contributed by atoms with Gasteiger partial charge in [-0.05, 0) is 66.3 Å². The van der Waals surface area contributed by atoms with Gasteiger partial charge in [-0.1, -0.05) is 29.8 Å². The topological polar surface area (TPSA) is 70.6 Å². The molecule has 0 spiro atoms. The molecule has 1 saturated heterocycles. The first kappa shape index (κ1) is 22.7. The third kappa shape index (κ3) is 5.46. The number of amides is 1. The van der Waals surface area contributed by atoms with E-state index < -0.39 is 10.0 Å². The quantitative estimate of drug-likeness (QED) is 0.659. The van der Waals surface area contributed by atoms with Gasteiger partial charge in [0.25, 0.3) is 0 Å². The summed E-state index contributed by atoms with van der Waals surface area (Å²) in [4.78, 5) is 18.8. The molecule has 0 saturated carbocycles. The molecule has 0 bridgehead atoms. The third-order valence-electron chi connectivity index (χ3n) is 6.02. The van der Waals surface area contributed by atoms with Crippen LogP contribution in [0.2, 0.25) is 5.02 Å². The number of hydrogen-bond acceptors (Lipinski definition) is 4. The molecular formula is C24H26ClN3O3S. The van der Waals surface area contributed by atoms with Gasteiger partial charge in [-0.3, -0.25) is 9.78 Å². The fourth-order valence-electron chi connectivity index (χ4n) is 4.13. The minimum atomic E-state index is -3.54. The molecule has 0 radical (unpaired) electrons. The molecule has 1 atom stereocenters. The van der Waals surface area contributed by atoms with Gasteiger partial charge in [-0.2, -0.15) is 4.31 Å². The van der Waals surface area contributed by atoms with E-state index in [0.717, 1.165) is 30.4 Å². The average molecular weight is 472 g/mol. The summed E-state index contributed by atoms with van der Waals surface area (Å²) in [5, 5.41) is 1.83. The van der Waals surface area contributed by atoms with Crippen molar-refractivity contribution in [1.29, 1.82) is 0 Å². The summed E-state index contributed by atoms with van der Waals surface area (Å²) in [5.41, 5.74) is 3.19. The summed E-state index contributed by atoms with van der Waals surface area (Å²) in [6, 6.07) is 11.0. The number of sulfonamides is 1. The highest BCUT2D eigenvalue weighted by Crippen LogP contribution is 2.31. The van der Waals surface area contributed by atoms with Crippen molar-refractivity contribution in [1.82, 2.24) is 14.2 Å². The van der Waals surface area contributed by atoms with Gasteiger partial charge >= 0.3 is 0 Å². The summed E-state index contributed by atoms with van der Waals surface area (Å²) in [6.07, 6.45) is 9.69. The highest BCUT2D eigenvalue weighted by atomic mass is 35.5. The van der Waals surface area contributed by atoms with E-state index in [9.17, 15) is 13.2 Å². The van der Waals surface area contributed by atoms with Gasteiger partial charge in [-0.25, -0.2) is 8.42 Å². The Bertz CT molecular complexity index is 1110. The third-order valence-corrected chi connectivity index (χ3v) is 7.84. The molecule has 168 valence electrons. The normalized spacial score (nSPS) is 20.3. The van der Waals surface area contributed by atoms with E-state index in [-0.39, 0.29) is 11.8 Å². The molecule has 1 aliphatic carbocycles. The van der Waals surface area contributed by atoms with Crippen LogP contribution in [-0.4, -0.2) is 54.7 Å². The van der Waals surface area contributed by atoms with Crippen molar-refractivity contribution < 1.29 is 13.2 Å². The van der Waals surface area contributed by atoms with Crippen LogP contribution in [0, 0.1) is 5.92 Å². The van der Waals surface area contributed by atoms with Crippen LogP contribution in [-0.2, 0) is 14.8 Å². The highest BCUT2D eigenvalue weighted by molar-refractivity contribution is 7.92. The van der Waals surface area contributed by atoms with Crippen molar-refractivity contribution in [3.05, 3.63) is 76.4 Å². The monoisotopic (exact) mass is 471 g/mol. The Morgan fingerprint density at radius 3 is 2.34 bits per heavy atom. The molecule has 2 heterocycles. The molecule has 4 rings (SSSR count). The van der Waals surface area contributed by atoms with Gasteiger partial charge < -0.3 is 4.90 Å². The second kappa shape index (κ2) is 9.98. The predicted octanol–water partition coefficient (Wildman–Crippen LogP) is 4.06. The number of halogens is 1. The average Bonchev–Trinajstić information content (AvgIpc) is 2.84. The number of pyridine rings is 1. The van der Waals surface area contributed by atoms with Crippen molar-refractivity contribution in [3.8, 4) is 0 Å². The summed E-state index contributed by atoms with van der Waals surface area (Å²) in [6.45, 7) is 1.46. The van der Waals surface area contributed by atoms with Crippen LogP contribution in [0.3, 0.4) is 0 Å². The van der Waals surface area contributed by atoms with E-state index >= 15 is 0 Å². The van der Waals surface area contributed by atoms with Gasteiger partial charge in [0.1, 0.15) is 0 Å². The SMILES string of the molecule is O=C(C1CC=C(c2ccncc2)CC1)N1CCN(S(=O)(=O)/C=C/c2ccc(Cl)cc2)CC1. The van der Waals surface area contributed by atoms with E-state index in [1.54, 1.807) is 42.7 Å². The Morgan fingerprint density at radius 1 is 1.03 bits per heavy atom. The zero-order valence-corrected chi connectivity index (χ0v) is 19.3. The molecule has 0 N–H and O–H groups in total. The number of piperazine rings is 1. The first-order chi connectivity index (χ1) is 15.4. The minimum Gasteiger partial charge on any atom is -0.340 e. The lowest BCUT2D eigenvalue weighted by Gasteiger charge is -2.36. The second-order valence-electron chi connectivity index (χ2n) is 8.06. The van der Waals surface area contributed by atoms with Gasteiger partial charge in [0, 0.05) is 54.9 Å². The molecule has 1 aromatic heterocycles. The number of aromatic nitrogens is 1. The molecule has 1 unspecified atom stereocenters. The molecular weight excluding hydrogens is 446 g/mol. The fourth-order valence-corrected chi connectivity index (χ4v) is 5.43. The van der Waals surface area contributed by atoms with Crippen LogP contribution in [0.5, 0.6) is 0 Å². The Labute approximate surface area is 194 Å². The highest BCUT2D eigenvalue weighted by Gasteiger charge is 2.31. The second-order valence-corrected chi connectivity index (χ2v) is 10.3. The van der Waals surface area contributed by atoms with Crippen molar-refractivity contribution in [2.75, 3.05) is 26.2 Å². The maximum Gasteiger partial charge on any atom is 0.236 e. The summed E-state index contributed by atoms with van der Waals surface area (Å²) in [5.74, 6) is 0.0947. The summed E-state index contributed by atoms with van der Waals surface area (Å²) in [7, 11) is -3.54. The zero-order valence-electron chi connectivity index (χ0n) is 17.7. The lowest BCUT2D eigenvalue weighted by atomic mass is 9.86. The lowest BCUT2D eigenvalue weighted by molar-refractivity contribution is -0.136. The maximum absolute atomic E-state index is 13.0. The number of rotatable bonds is 5. The van der Waals surface area contributed by atoms with Crippen LogP contribution < -0.4 is 0 Å². The minimum absolute atomic E-state index is 0.0338. The summed E-state index contributed by atoms with van der Waals surface area (Å²) < 4.78 is 26.8. The molecule has 1 fully saturated rings.